The number of rotatable bonds is 3. The van der Waals surface area contributed by atoms with Crippen LogP contribution in [0.1, 0.15) is 20.8 Å². The van der Waals surface area contributed by atoms with E-state index in [1.807, 2.05) is 0 Å². The third-order valence-electron chi connectivity index (χ3n) is 6.78. The van der Waals surface area contributed by atoms with Crippen LogP contribution < -0.4 is 0 Å². The molecule has 0 aromatic carbocycles. The second-order valence-corrected chi connectivity index (χ2v) is 9.89. The molecule has 4 fully saturated rings. The number of aliphatic carboxylic acids is 1. The van der Waals surface area contributed by atoms with Crippen LogP contribution in [0.2, 0.25) is 0 Å². The molecule has 0 unspecified atom stereocenters. The molecule has 4 aliphatic rings. The number of allylic oxidation sites excluding steroid dienone is 1. The van der Waals surface area contributed by atoms with Crippen molar-refractivity contribution in [1.82, 2.24) is 0 Å². The van der Waals surface area contributed by atoms with Gasteiger partial charge in [-0.1, -0.05) is 0 Å². The molecule has 0 spiro atoms. The van der Waals surface area contributed by atoms with Gasteiger partial charge in [-0.3, -0.25) is 0 Å². The summed E-state index contributed by atoms with van der Waals surface area (Å²) < 4.78 is 270. The zero-order valence-electron chi connectivity index (χ0n) is 18.6. The molecule has 0 saturated heterocycles. The molecule has 4 bridgehead atoms. The topological polar surface area (TPSA) is 46.5 Å². The van der Waals surface area contributed by atoms with Crippen LogP contribution in [0.15, 0.2) is 11.3 Å². The monoisotopic (exact) mass is 616 g/mol. The van der Waals surface area contributed by atoms with Crippen LogP contribution in [0.5, 0.6) is 0 Å². The highest BCUT2D eigenvalue weighted by Gasteiger charge is 3.23. The van der Waals surface area contributed by atoms with Crippen LogP contribution in [0.3, 0.4) is 0 Å². The highest BCUT2D eigenvalue weighted by molar-refractivity contribution is 5.89. The van der Waals surface area contributed by atoms with E-state index in [0.29, 0.717) is 0 Å². The molecule has 4 aliphatic carbocycles. The Balaban J connectivity index is 2.90. The lowest BCUT2D eigenvalue weighted by Gasteiger charge is -2.75. The lowest BCUT2D eigenvalue weighted by Crippen LogP contribution is -3.07. The van der Waals surface area contributed by atoms with Gasteiger partial charge in [0.15, 0.2) is 5.57 Å². The van der Waals surface area contributed by atoms with Crippen LogP contribution in [-0.2, 0) is 9.53 Å². The van der Waals surface area contributed by atoms with Crippen molar-refractivity contribution in [2.24, 2.45) is 5.41 Å². The highest BCUT2D eigenvalue weighted by Crippen LogP contribution is 2.92. The molecule has 0 amide bonds. The summed E-state index contributed by atoms with van der Waals surface area (Å²) >= 11 is 0. The molecule has 1 N–H and O–H groups in total. The van der Waals surface area contributed by atoms with Gasteiger partial charge in [0.25, 0.3) is 0 Å². The smallest absolute Gasteiger partial charge is 0.426 e. The molecule has 0 aromatic heterocycles. The summed E-state index contributed by atoms with van der Waals surface area (Å²) in [5.74, 6) is -58.0. The number of carboxylic acids is 1. The van der Waals surface area contributed by atoms with E-state index in [1.54, 1.807) is 0 Å². The fourth-order valence-corrected chi connectivity index (χ4v) is 5.25. The Kier molecular flexibility index (Phi) is 5.44. The largest absolute Gasteiger partial charge is 0.490 e. The van der Waals surface area contributed by atoms with E-state index >= 15 is 39.5 Å². The molecule has 0 aromatic rings. The first-order valence-electron chi connectivity index (χ1n) is 9.74. The van der Waals surface area contributed by atoms with E-state index in [-0.39, 0.29) is 20.8 Å². The molecule has 21 heteroatoms. The van der Waals surface area contributed by atoms with Gasteiger partial charge in [0.2, 0.25) is 5.41 Å². The molecule has 4 rings (SSSR count). The van der Waals surface area contributed by atoms with Crippen LogP contribution in [0, 0.1) is 5.41 Å². The predicted octanol–water partition coefficient (Wildman–Crippen LogP) is 6.67. The number of carboxylic acid groups (broad SMARTS) is 1. The average molecular weight is 616 g/mol. The molecule has 39 heavy (non-hydrogen) atoms. The van der Waals surface area contributed by atoms with Crippen molar-refractivity contribution in [3.63, 3.8) is 0 Å². The van der Waals surface area contributed by atoms with E-state index in [1.165, 1.54) is 0 Å². The molecule has 0 atom stereocenters. The molecule has 0 heterocycles. The first-order valence-corrected chi connectivity index (χ1v) is 9.74. The van der Waals surface area contributed by atoms with Crippen LogP contribution in [0.4, 0.5) is 79.0 Å². The first-order chi connectivity index (χ1) is 16.7. The summed E-state index contributed by atoms with van der Waals surface area (Å²) in [5, 5.41) is 8.87. The minimum atomic E-state index is -8.31. The van der Waals surface area contributed by atoms with Crippen molar-refractivity contribution in [3.8, 4) is 0 Å². The van der Waals surface area contributed by atoms with Gasteiger partial charge < -0.3 is 9.84 Å². The summed E-state index contributed by atoms with van der Waals surface area (Å²) in [6.07, 6.45) is -7.04. The first kappa shape index (κ1) is 31.3. The second-order valence-electron chi connectivity index (χ2n) is 9.89. The van der Waals surface area contributed by atoms with Gasteiger partial charge >= 0.3 is 64.7 Å². The summed E-state index contributed by atoms with van der Waals surface area (Å²) in [6, 6.07) is 0. The van der Waals surface area contributed by atoms with Crippen LogP contribution in [0.25, 0.3) is 0 Å². The zero-order valence-corrected chi connectivity index (χ0v) is 18.6. The molecular weight excluding hydrogens is 606 g/mol. The lowest BCUT2D eigenvalue weighted by molar-refractivity contribution is -0.609. The van der Waals surface area contributed by atoms with Gasteiger partial charge in [0.1, 0.15) is 11.4 Å². The fourth-order valence-electron chi connectivity index (χ4n) is 5.25. The quantitative estimate of drug-likeness (QED) is 0.219. The Morgan fingerprint density at radius 2 is 0.821 bits per heavy atom. The minimum Gasteiger partial charge on any atom is -0.490 e. The van der Waals surface area contributed by atoms with Gasteiger partial charge in [-0.25, -0.2) is 44.3 Å². The maximum atomic E-state index is 15.4. The number of halogens is 18. The average Bonchev–Trinajstić information content (AvgIpc) is 2.65. The third-order valence-corrected chi connectivity index (χ3v) is 6.78. The van der Waals surface area contributed by atoms with E-state index in [0.717, 1.165) is 0 Å². The van der Waals surface area contributed by atoms with Gasteiger partial charge in [-0.2, -0.15) is 39.5 Å². The Bertz CT molecular complexity index is 1050. The fraction of sp³-hybridized carbons (Fsp3) is 0.833. The van der Waals surface area contributed by atoms with Crippen molar-refractivity contribution in [3.05, 3.63) is 11.3 Å². The number of carbonyl (C=O) groups is 1. The lowest BCUT2D eigenvalue weighted by atomic mass is 9.36. The predicted molar refractivity (Wildman–Crippen MR) is 85.2 cm³/mol. The highest BCUT2D eigenvalue weighted by atomic mass is 19.4. The molecule has 226 valence electrons. The maximum Gasteiger partial charge on any atom is 0.426 e. The van der Waals surface area contributed by atoms with E-state index < -0.39 is 87.0 Å². The van der Waals surface area contributed by atoms with Crippen molar-refractivity contribution >= 4 is 5.97 Å². The maximum absolute atomic E-state index is 15.4. The molecule has 0 radical (unpaired) electrons. The van der Waals surface area contributed by atoms with Crippen LogP contribution >= 0.6 is 0 Å². The Morgan fingerprint density at radius 1 is 0.564 bits per heavy atom. The van der Waals surface area contributed by atoms with Crippen molar-refractivity contribution in [2.45, 2.75) is 85.1 Å². The van der Waals surface area contributed by atoms with E-state index in [9.17, 15) is 44.3 Å². The van der Waals surface area contributed by atoms with Gasteiger partial charge in [0, 0.05) is 0 Å². The second kappa shape index (κ2) is 6.79. The summed E-state index contributed by atoms with van der Waals surface area (Å²) in [5.41, 5.74) is -39.8. The van der Waals surface area contributed by atoms with Crippen LogP contribution in [-0.4, -0.2) is 75.4 Å². The molecule has 4 saturated carbocycles. The standard InChI is InChI=1S/C18H10F18O3/c1-7(2,3)39-5(4(6(37)38)9(19,20)21)8-13(25,26)10(22)16(31,32)11(23,14(8,27)28)18(35,36)12(24,15(8,29)30)17(10,33)34/h1-3H3,(H,37,38). The van der Waals surface area contributed by atoms with Crippen molar-refractivity contribution < 1.29 is 93.7 Å². The van der Waals surface area contributed by atoms with Gasteiger partial charge in [-0.05, 0) is 20.8 Å². The number of alkyl halides is 18. The molecule has 3 nitrogen and oxygen atoms in total. The molecular formula is C18H10F18O3. The number of hydrogen-bond donors (Lipinski definition) is 1. The number of hydrogen-bond acceptors (Lipinski definition) is 2. The Morgan fingerprint density at radius 3 is 1.00 bits per heavy atom. The number of ether oxygens (including phenoxy) is 1. The van der Waals surface area contributed by atoms with Crippen molar-refractivity contribution in [2.75, 3.05) is 0 Å². The Labute approximate surface area is 202 Å². The summed E-state index contributed by atoms with van der Waals surface area (Å²) in [6.45, 7) is 0.742. The molecule has 0 aliphatic heterocycles. The van der Waals surface area contributed by atoms with E-state index in [2.05, 4.69) is 4.74 Å². The van der Waals surface area contributed by atoms with Gasteiger partial charge in [-0.15, -0.1) is 0 Å². The summed E-state index contributed by atoms with van der Waals surface area (Å²) in [7, 11) is 0. The SMILES string of the molecule is CC(C)(C)OC(=C(C(=O)O)C(F)(F)F)C12C(F)(F)C3(F)C(F)(F)C(F)(C(F)(F)C(F)(C3(F)F)C1(F)F)C2(F)F. The normalized spacial score (nSPS) is 41.2. The zero-order chi connectivity index (χ0) is 31.4. The minimum absolute atomic E-state index is 0.247. The van der Waals surface area contributed by atoms with E-state index in [4.69, 9.17) is 5.11 Å². The third kappa shape index (κ3) is 2.38. The summed E-state index contributed by atoms with van der Waals surface area (Å²) in [4.78, 5) is 11.3. The Hall–Kier alpha value is -2.25. The van der Waals surface area contributed by atoms with Gasteiger partial charge in [0.05, 0.1) is 0 Å². The van der Waals surface area contributed by atoms with Crippen molar-refractivity contribution in [1.29, 1.82) is 0 Å².